The van der Waals surface area contributed by atoms with E-state index in [2.05, 4.69) is 10.3 Å². The molecule has 1 atom stereocenters. The first-order valence-electron chi connectivity index (χ1n) is 10.8. The van der Waals surface area contributed by atoms with Gasteiger partial charge in [-0.1, -0.05) is 37.3 Å². The molecule has 2 amide bonds. The van der Waals surface area contributed by atoms with Gasteiger partial charge in [-0.05, 0) is 11.6 Å². The number of nitrogens with zero attached hydrogens (tertiary/aromatic N) is 2. The number of benzene rings is 2. The number of Topliss-reactive ketones (excluding diaryl/α,β-unsaturated/α-hetero) is 1. The molecule has 0 aliphatic carbocycles. The summed E-state index contributed by atoms with van der Waals surface area (Å²) in [5.41, 5.74) is 3.77. The molecule has 8 heteroatoms. The van der Waals surface area contributed by atoms with Crippen LogP contribution in [0.3, 0.4) is 0 Å². The summed E-state index contributed by atoms with van der Waals surface area (Å²) >= 11 is 0. The second-order valence-corrected chi connectivity index (χ2v) is 8.11. The Morgan fingerprint density at radius 2 is 1.88 bits per heavy atom. The number of ketones is 1. The van der Waals surface area contributed by atoms with E-state index in [4.69, 9.17) is 9.47 Å². The highest BCUT2D eigenvalue weighted by molar-refractivity contribution is 6.48. The first-order chi connectivity index (χ1) is 16.1. The molecule has 8 nitrogen and oxygen atoms in total. The minimum absolute atomic E-state index is 0.0439. The fourth-order valence-electron chi connectivity index (χ4n) is 4.91. The quantitative estimate of drug-likeness (QED) is 0.733. The van der Waals surface area contributed by atoms with Crippen LogP contribution in [0.5, 0.6) is 11.5 Å². The Kier molecular flexibility index (Phi) is 4.23. The van der Waals surface area contributed by atoms with Crippen molar-refractivity contribution >= 4 is 34.6 Å². The summed E-state index contributed by atoms with van der Waals surface area (Å²) in [6.45, 7) is 1.90. The highest BCUT2D eigenvalue weighted by Gasteiger charge is 2.41. The van der Waals surface area contributed by atoms with Crippen LogP contribution in [0.4, 0.5) is 5.69 Å². The molecule has 164 valence electrons. The summed E-state index contributed by atoms with van der Waals surface area (Å²) in [5, 5.41) is 2.41. The van der Waals surface area contributed by atoms with Crippen molar-refractivity contribution in [3.8, 4) is 11.5 Å². The number of rotatable bonds is 4. The van der Waals surface area contributed by atoms with Crippen molar-refractivity contribution in [1.29, 1.82) is 0 Å². The maximum atomic E-state index is 13.1. The van der Waals surface area contributed by atoms with Crippen molar-refractivity contribution in [2.24, 2.45) is 4.99 Å². The lowest BCUT2D eigenvalue weighted by molar-refractivity contribution is -0.123. The molecule has 2 aromatic carbocycles. The van der Waals surface area contributed by atoms with E-state index in [1.807, 2.05) is 30.0 Å². The molecule has 1 N–H and O–H groups in total. The molecule has 4 aliphatic rings. The smallest absolute Gasteiger partial charge is 0.261 e. The summed E-state index contributed by atoms with van der Waals surface area (Å²) in [6, 6.07) is 10.7. The van der Waals surface area contributed by atoms with Gasteiger partial charge in [-0.2, -0.15) is 0 Å². The molecule has 0 radical (unpaired) electrons. The largest absolute Gasteiger partial charge is 0.454 e. The lowest BCUT2D eigenvalue weighted by Gasteiger charge is -2.23. The van der Waals surface area contributed by atoms with Crippen molar-refractivity contribution in [2.75, 3.05) is 11.7 Å². The molecule has 2 aromatic rings. The minimum atomic E-state index is -0.524. The van der Waals surface area contributed by atoms with E-state index in [9.17, 15) is 14.4 Å². The molecular weight excluding hydrogens is 422 g/mol. The van der Waals surface area contributed by atoms with Crippen molar-refractivity contribution in [3.63, 3.8) is 0 Å². The Morgan fingerprint density at radius 3 is 2.73 bits per heavy atom. The van der Waals surface area contributed by atoms with E-state index in [0.717, 1.165) is 11.3 Å². The third-order valence-corrected chi connectivity index (χ3v) is 6.37. The standard InChI is InChI=1S/C25H19N3O5/c1-2-17(29)16-11-13-5-3-7-15-21(26-9-10-28(16)22(13)15)20-19(24(30)27-25(20)31)14-6-4-8-18-23(14)33-12-32-18/h3-10,16H,2,11-12H2,1H3,(H,27,30,31). The fourth-order valence-corrected chi connectivity index (χ4v) is 4.91. The van der Waals surface area contributed by atoms with Crippen molar-refractivity contribution in [3.05, 3.63) is 71.1 Å². The predicted molar refractivity (Wildman–Crippen MR) is 120 cm³/mol. The third-order valence-electron chi connectivity index (χ3n) is 6.37. The summed E-state index contributed by atoms with van der Waals surface area (Å²) in [6.07, 6.45) is 4.37. The summed E-state index contributed by atoms with van der Waals surface area (Å²) in [7, 11) is 0. The number of carbonyl (C=O) groups excluding carboxylic acids is 3. The summed E-state index contributed by atoms with van der Waals surface area (Å²) in [4.78, 5) is 45.1. The summed E-state index contributed by atoms with van der Waals surface area (Å²) in [5.74, 6) is 0.0353. The normalized spacial score (nSPS) is 20.1. The Bertz CT molecular complexity index is 1350. The van der Waals surface area contributed by atoms with Gasteiger partial charge < -0.3 is 14.4 Å². The molecule has 0 bridgehead atoms. The van der Waals surface area contributed by atoms with Crippen LogP contribution in [0.2, 0.25) is 0 Å². The Hall–Kier alpha value is -4.20. The monoisotopic (exact) mass is 441 g/mol. The van der Waals surface area contributed by atoms with Gasteiger partial charge >= 0.3 is 0 Å². The van der Waals surface area contributed by atoms with Crippen LogP contribution in [-0.4, -0.2) is 36.1 Å². The minimum Gasteiger partial charge on any atom is -0.454 e. The maximum absolute atomic E-state index is 13.1. The molecule has 4 aliphatic heterocycles. The zero-order valence-corrected chi connectivity index (χ0v) is 17.8. The lowest BCUT2D eigenvalue weighted by atomic mass is 9.92. The van der Waals surface area contributed by atoms with Gasteiger partial charge in [0.25, 0.3) is 11.8 Å². The number of para-hydroxylation sites is 2. The Morgan fingerprint density at radius 1 is 1.09 bits per heavy atom. The van der Waals surface area contributed by atoms with Crippen LogP contribution in [0.25, 0.3) is 5.57 Å². The number of fused-ring (bicyclic) bond motifs is 1. The van der Waals surface area contributed by atoms with Crippen LogP contribution >= 0.6 is 0 Å². The average Bonchev–Trinajstić information content (AvgIpc) is 3.48. The molecular formula is C25H19N3O5. The second kappa shape index (κ2) is 7.16. The number of carbonyl (C=O) groups is 3. The van der Waals surface area contributed by atoms with Gasteiger partial charge in [-0.25, -0.2) is 0 Å². The molecule has 0 saturated heterocycles. The van der Waals surface area contributed by atoms with Gasteiger partial charge in [0.05, 0.1) is 28.6 Å². The number of hydrogen-bond donors (Lipinski definition) is 1. The third kappa shape index (κ3) is 2.77. The summed E-state index contributed by atoms with van der Waals surface area (Å²) < 4.78 is 11.1. The van der Waals surface area contributed by atoms with Crippen LogP contribution in [-0.2, 0) is 20.8 Å². The first-order valence-corrected chi connectivity index (χ1v) is 10.8. The van der Waals surface area contributed by atoms with Gasteiger partial charge in [-0.15, -0.1) is 0 Å². The molecule has 0 aromatic heterocycles. The van der Waals surface area contributed by atoms with E-state index >= 15 is 0 Å². The van der Waals surface area contributed by atoms with Gasteiger partial charge in [0, 0.05) is 36.4 Å². The second-order valence-electron chi connectivity index (χ2n) is 8.11. The Labute approximate surface area is 189 Å². The van der Waals surface area contributed by atoms with Crippen molar-refractivity contribution < 1.29 is 23.9 Å². The number of anilines is 1. The maximum Gasteiger partial charge on any atom is 0.261 e. The molecule has 0 spiro atoms. The van der Waals surface area contributed by atoms with Crippen LogP contribution in [0, 0.1) is 0 Å². The average molecular weight is 441 g/mol. The molecule has 0 saturated carbocycles. The zero-order chi connectivity index (χ0) is 22.7. The highest BCUT2D eigenvalue weighted by atomic mass is 16.7. The number of aliphatic imine (C=N–C) groups is 1. The zero-order valence-electron chi connectivity index (χ0n) is 17.8. The van der Waals surface area contributed by atoms with Gasteiger partial charge in [0.15, 0.2) is 17.3 Å². The molecule has 6 rings (SSSR count). The van der Waals surface area contributed by atoms with Gasteiger partial charge in [0.2, 0.25) is 6.79 Å². The van der Waals surface area contributed by atoms with Gasteiger partial charge in [0.1, 0.15) is 0 Å². The molecule has 0 fully saturated rings. The number of ether oxygens (including phenoxy) is 2. The lowest BCUT2D eigenvalue weighted by Crippen LogP contribution is -2.34. The van der Waals surface area contributed by atoms with E-state index < -0.39 is 11.8 Å². The number of amides is 2. The van der Waals surface area contributed by atoms with Crippen LogP contribution < -0.4 is 19.7 Å². The number of hydrogen-bond acceptors (Lipinski definition) is 7. The fraction of sp³-hybridized carbons (Fsp3) is 0.200. The van der Waals surface area contributed by atoms with Crippen LogP contribution in [0.1, 0.15) is 30.0 Å². The van der Waals surface area contributed by atoms with Crippen LogP contribution in [0.15, 0.2) is 59.4 Å². The molecule has 1 unspecified atom stereocenters. The van der Waals surface area contributed by atoms with E-state index in [1.165, 1.54) is 0 Å². The highest BCUT2D eigenvalue weighted by Crippen LogP contribution is 2.43. The molecule has 33 heavy (non-hydrogen) atoms. The first kappa shape index (κ1) is 19.5. The van der Waals surface area contributed by atoms with Crippen molar-refractivity contribution in [1.82, 2.24) is 5.32 Å². The van der Waals surface area contributed by atoms with Crippen molar-refractivity contribution in [2.45, 2.75) is 25.8 Å². The number of imide groups is 1. The topological polar surface area (TPSA) is 97.3 Å². The number of nitrogens with one attached hydrogen (secondary N) is 1. The van der Waals surface area contributed by atoms with Gasteiger partial charge in [-0.3, -0.25) is 24.7 Å². The molecule has 4 heterocycles. The van der Waals surface area contributed by atoms with E-state index in [-0.39, 0.29) is 29.8 Å². The Balaban J connectivity index is 1.56. The predicted octanol–water partition coefficient (Wildman–Crippen LogP) is 2.51. The van der Waals surface area contributed by atoms with E-state index in [1.54, 1.807) is 30.6 Å². The SMILES string of the molecule is CCC(=O)C1Cc2cccc3c2N1C=CN=C3C1=C(c2cccc3c2OCO3)C(=O)NC1=O. The van der Waals surface area contributed by atoms with E-state index in [0.29, 0.717) is 41.2 Å².